The van der Waals surface area contributed by atoms with E-state index in [0.717, 1.165) is 18.0 Å². The third kappa shape index (κ3) is 4.27. The summed E-state index contributed by atoms with van der Waals surface area (Å²) in [5, 5.41) is 12.4. The van der Waals surface area contributed by atoms with Crippen LogP contribution in [0.1, 0.15) is 38.2 Å². The van der Waals surface area contributed by atoms with E-state index < -0.39 is 0 Å². The molecule has 0 aliphatic heterocycles. The van der Waals surface area contributed by atoms with Gasteiger partial charge in [-0.3, -0.25) is 4.79 Å². The third-order valence-corrected chi connectivity index (χ3v) is 4.13. The molecule has 1 aromatic rings. The van der Waals surface area contributed by atoms with E-state index >= 15 is 0 Å². The van der Waals surface area contributed by atoms with E-state index in [2.05, 4.69) is 12.2 Å². The van der Waals surface area contributed by atoms with E-state index in [-0.39, 0.29) is 11.7 Å². The largest absolute Gasteiger partial charge is 0.508 e. The Bertz CT molecular complexity index is 431. The maximum absolute atomic E-state index is 11.9. The number of nitrogens with one attached hydrogen (secondary N) is 1. The lowest BCUT2D eigenvalue weighted by molar-refractivity contribution is -0.120. The first-order chi connectivity index (χ1) is 9.15. The van der Waals surface area contributed by atoms with E-state index in [1.54, 1.807) is 18.2 Å². The maximum Gasteiger partial charge on any atom is 0.224 e. The van der Waals surface area contributed by atoms with E-state index in [1.807, 2.05) is 6.07 Å². The molecule has 0 bridgehead atoms. The van der Waals surface area contributed by atoms with Gasteiger partial charge in [-0.15, -0.1) is 0 Å². The van der Waals surface area contributed by atoms with Gasteiger partial charge < -0.3 is 10.4 Å². The molecule has 0 radical (unpaired) electrons. The highest BCUT2D eigenvalue weighted by atomic mass is 16.3. The number of phenolic OH excluding ortho intramolecular Hbond substituents is 1. The summed E-state index contributed by atoms with van der Waals surface area (Å²) < 4.78 is 0. The molecule has 1 aromatic carbocycles. The first-order valence-corrected chi connectivity index (χ1v) is 7.20. The molecule has 1 amide bonds. The minimum Gasteiger partial charge on any atom is -0.508 e. The zero-order valence-electron chi connectivity index (χ0n) is 11.6. The van der Waals surface area contributed by atoms with Gasteiger partial charge in [-0.25, -0.2) is 0 Å². The number of hydrogen-bond acceptors (Lipinski definition) is 2. The zero-order chi connectivity index (χ0) is 13.7. The van der Waals surface area contributed by atoms with E-state index in [0.29, 0.717) is 12.3 Å². The standard InChI is InChI=1S/C16H23NO2/c1-12-5-2-3-7-14(12)11-17-16(19)10-13-6-4-8-15(18)9-13/h4,6,8-9,12,14,18H,2-3,5,7,10-11H2,1H3,(H,17,19). The van der Waals surface area contributed by atoms with Gasteiger partial charge in [0, 0.05) is 6.54 Å². The minimum absolute atomic E-state index is 0.0448. The molecule has 1 aliphatic carbocycles. The molecule has 0 saturated heterocycles. The lowest BCUT2D eigenvalue weighted by Gasteiger charge is -2.28. The van der Waals surface area contributed by atoms with Gasteiger partial charge in [0.2, 0.25) is 5.91 Å². The molecule has 0 heterocycles. The Kier molecular flexibility index (Phi) is 4.83. The van der Waals surface area contributed by atoms with E-state index in [1.165, 1.54) is 25.7 Å². The number of amides is 1. The molecule has 1 fully saturated rings. The lowest BCUT2D eigenvalue weighted by atomic mass is 9.80. The molecular weight excluding hydrogens is 238 g/mol. The normalized spacial score (nSPS) is 23.0. The fraction of sp³-hybridized carbons (Fsp3) is 0.562. The highest BCUT2D eigenvalue weighted by Gasteiger charge is 2.21. The van der Waals surface area contributed by atoms with Gasteiger partial charge in [-0.2, -0.15) is 0 Å². The molecule has 3 heteroatoms. The van der Waals surface area contributed by atoms with Crippen LogP contribution in [-0.2, 0) is 11.2 Å². The summed E-state index contributed by atoms with van der Waals surface area (Å²) >= 11 is 0. The van der Waals surface area contributed by atoms with Crippen LogP contribution in [0.3, 0.4) is 0 Å². The van der Waals surface area contributed by atoms with Gasteiger partial charge in [0.1, 0.15) is 5.75 Å². The van der Waals surface area contributed by atoms with Crippen LogP contribution >= 0.6 is 0 Å². The van der Waals surface area contributed by atoms with Crippen molar-refractivity contribution < 1.29 is 9.90 Å². The summed E-state index contributed by atoms with van der Waals surface area (Å²) in [6.45, 7) is 3.07. The van der Waals surface area contributed by atoms with Crippen molar-refractivity contribution in [2.45, 2.75) is 39.0 Å². The number of phenols is 1. The van der Waals surface area contributed by atoms with Crippen LogP contribution < -0.4 is 5.32 Å². The van der Waals surface area contributed by atoms with E-state index in [4.69, 9.17) is 0 Å². The molecule has 2 unspecified atom stereocenters. The van der Waals surface area contributed by atoms with Crippen molar-refractivity contribution in [2.75, 3.05) is 6.54 Å². The van der Waals surface area contributed by atoms with Gasteiger partial charge in [0.15, 0.2) is 0 Å². The molecule has 2 rings (SSSR count). The number of carbonyl (C=O) groups excluding carboxylic acids is 1. The number of rotatable bonds is 4. The molecule has 104 valence electrons. The Balaban J connectivity index is 1.78. The average molecular weight is 261 g/mol. The van der Waals surface area contributed by atoms with Gasteiger partial charge in [-0.1, -0.05) is 38.3 Å². The average Bonchev–Trinajstić information content (AvgIpc) is 2.38. The topological polar surface area (TPSA) is 49.3 Å². The van der Waals surface area contributed by atoms with Crippen LogP contribution in [0.25, 0.3) is 0 Å². The van der Waals surface area contributed by atoms with Crippen molar-refractivity contribution in [1.29, 1.82) is 0 Å². The summed E-state index contributed by atoms with van der Waals surface area (Å²) in [7, 11) is 0. The summed E-state index contributed by atoms with van der Waals surface area (Å²) in [5.41, 5.74) is 0.856. The predicted octanol–water partition coefficient (Wildman–Crippen LogP) is 2.88. The first-order valence-electron chi connectivity index (χ1n) is 7.20. The van der Waals surface area contributed by atoms with Crippen molar-refractivity contribution >= 4 is 5.91 Å². The summed E-state index contributed by atoms with van der Waals surface area (Å²) in [5.74, 6) is 1.60. The van der Waals surface area contributed by atoms with Crippen LogP contribution in [0.15, 0.2) is 24.3 Å². The highest BCUT2D eigenvalue weighted by Crippen LogP contribution is 2.28. The highest BCUT2D eigenvalue weighted by molar-refractivity contribution is 5.78. The molecular formula is C16H23NO2. The van der Waals surface area contributed by atoms with Crippen molar-refractivity contribution in [3.8, 4) is 5.75 Å². The Labute approximate surface area is 115 Å². The van der Waals surface area contributed by atoms with Crippen LogP contribution in [-0.4, -0.2) is 17.6 Å². The van der Waals surface area contributed by atoms with Crippen LogP contribution in [0, 0.1) is 11.8 Å². The number of benzene rings is 1. The second-order valence-corrected chi connectivity index (χ2v) is 5.67. The van der Waals surface area contributed by atoms with Crippen LogP contribution in [0.2, 0.25) is 0 Å². The van der Waals surface area contributed by atoms with Crippen molar-refractivity contribution in [1.82, 2.24) is 5.32 Å². The second-order valence-electron chi connectivity index (χ2n) is 5.67. The third-order valence-electron chi connectivity index (χ3n) is 4.13. The molecule has 19 heavy (non-hydrogen) atoms. The molecule has 2 atom stereocenters. The molecule has 3 nitrogen and oxygen atoms in total. The minimum atomic E-state index is 0.0448. The van der Waals surface area contributed by atoms with Crippen molar-refractivity contribution in [2.24, 2.45) is 11.8 Å². The number of hydrogen-bond donors (Lipinski definition) is 2. The quantitative estimate of drug-likeness (QED) is 0.875. The lowest BCUT2D eigenvalue weighted by Crippen LogP contribution is -2.34. The van der Waals surface area contributed by atoms with E-state index in [9.17, 15) is 9.90 Å². The molecule has 2 N–H and O–H groups in total. The Hall–Kier alpha value is -1.51. The van der Waals surface area contributed by atoms with Gasteiger partial charge >= 0.3 is 0 Å². The summed E-state index contributed by atoms with van der Waals surface area (Å²) in [6, 6.07) is 6.89. The number of aromatic hydroxyl groups is 1. The maximum atomic E-state index is 11.9. The Morgan fingerprint density at radius 3 is 2.89 bits per heavy atom. The fourth-order valence-electron chi connectivity index (χ4n) is 2.86. The fourth-order valence-corrected chi connectivity index (χ4v) is 2.86. The van der Waals surface area contributed by atoms with Crippen LogP contribution in [0.5, 0.6) is 5.75 Å². The molecule has 0 spiro atoms. The Morgan fingerprint density at radius 2 is 2.16 bits per heavy atom. The number of carbonyl (C=O) groups is 1. The molecule has 1 saturated carbocycles. The second kappa shape index (κ2) is 6.60. The van der Waals surface area contributed by atoms with Crippen molar-refractivity contribution in [3.63, 3.8) is 0 Å². The smallest absolute Gasteiger partial charge is 0.224 e. The monoisotopic (exact) mass is 261 g/mol. The van der Waals surface area contributed by atoms with Crippen LogP contribution in [0.4, 0.5) is 0 Å². The summed E-state index contributed by atoms with van der Waals surface area (Å²) in [6.07, 6.45) is 5.47. The SMILES string of the molecule is CC1CCCCC1CNC(=O)Cc1cccc(O)c1. The van der Waals surface area contributed by atoms with Gasteiger partial charge in [0.25, 0.3) is 0 Å². The van der Waals surface area contributed by atoms with Crippen molar-refractivity contribution in [3.05, 3.63) is 29.8 Å². The zero-order valence-corrected chi connectivity index (χ0v) is 11.6. The first kappa shape index (κ1) is 13.9. The molecule has 1 aliphatic rings. The summed E-state index contributed by atoms with van der Waals surface area (Å²) in [4.78, 5) is 11.9. The predicted molar refractivity (Wildman–Crippen MR) is 75.9 cm³/mol. The van der Waals surface area contributed by atoms with Gasteiger partial charge in [0.05, 0.1) is 6.42 Å². The molecule has 0 aromatic heterocycles. The Morgan fingerprint density at radius 1 is 1.37 bits per heavy atom. The van der Waals surface area contributed by atoms with Gasteiger partial charge in [-0.05, 0) is 36.0 Å².